The van der Waals surface area contributed by atoms with Crippen molar-refractivity contribution in [2.75, 3.05) is 6.61 Å². The first-order chi connectivity index (χ1) is 11.7. The number of hydrogen-bond acceptors (Lipinski definition) is 4. The Morgan fingerprint density at radius 1 is 1.16 bits per heavy atom. The molecule has 0 saturated heterocycles. The van der Waals surface area contributed by atoms with Gasteiger partial charge in [-0.25, -0.2) is 0 Å². The number of nitrogens with zero attached hydrogens (tertiary/aromatic N) is 1. The number of nitro groups is 1. The molecule has 2 rings (SSSR count). The minimum atomic E-state index is -4.41. The van der Waals surface area contributed by atoms with Crippen LogP contribution < -0.4 is 10.1 Å². The summed E-state index contributed by atoms with van der Waals surface area (Å²) in [7, 11) is 0. The van der Waals surface area contributed by atoms with Crippen LogP contribution in [0, 0.1) is 10.1 Å². The van der Waals surface area contributed by atoms with Crippen molar-refractivity contribution in [3.8, 4) is 5.75 Å². The molecule has 0 aliphatic rings. The van der Waals surface area contributed by atoms with Gasteiger partial charge in [-0.3, -0.25) is 14.9 Å². The van der Waals surface area contributed by atoms with Crippen molar-refractivity contribution in [1.82, 2.24) is 5.32 Å². The van der Waals surface area contributed by atoms with Crippen molar-refractivity contribution in [3.05, 3.63) is 69.8 Å². The highest BCUT2D eigenvalue weighted by Crippen LogP contribution is 2.19. The molecule has 25 heavy (non-hydrogen) atoms. The Labute approximate surface area is 140 Å². The minimum Gasteiger partial charge on any atom is -0.484 e. The summed E-state index contributed by atoms with van der Waals surface area (Å²) in [4.78, 5) is 22.1. The number of amides is 1. The normalized spacial score (nSPS) is 11.0. The van der Waals surface area contributed by atoms with Crippen LogP contribution in [0.4, 0.5) is 18.9 Å². The minimum absolute atomic E-state index is 0.0612. The maximum absolute atomic E-state index is 12.1. The molecule has 0 fully saturated rings. The second kappa shape index (κ2) is 7.65. The van der Waals surface area contributed by atoms with Gasteiger partial charge in [0.15, 0.2) is 6.61 Å². The molecule has 0 aliphatic heterocycles. The van der Waals surface area contributed by atoms with E-state index in [0.29, 0.717) is 5.56 Å². The molecule has 0 bridgehead atoms. The molecule has 6 nitrogen and oxygen atoms in total. The fraction of sp³-hybridized carbons (Fsp3) is 0.188. The number of alkyl halides is 3. The zero-order valence-corrected chi connectivity index (χ0v) is 12.7. The summed E-state index contributed by atoms with van der Waals surface area (Å²) in [6, 6.07) is 11.0. The summed E-state index contributed by atoms with van der Waals surface area (Å²) in [6.07, 6.45) is -4.41. The molecule has 132 valence electrons. The number of carbonyl (C=O) groups excluding carboxylic acids is 1. The number of halogens is 3. The number of benzene rings is 2. The van der Waals surface area contributed by atoms with Crippen molar-refractivity contribution in [2.24, 2.45) is 0 Å². The first kappa shape index (κ1) is 18.2. The van der Waals surface area contributed by atoms with E-state index in [1.165, 1.54) is 42.5 Å². The molecule has 2 aromatic carbocycles. The Morgan fingerprint density at radius 3 is 2.44 bits per heavy atom. The van der Waals surface area contributed by atoms with Crippen molar-refractivity contribution in [3.63, 3.8) is 0 Å². The SMILES string of the molecule is O=C(NCc1ccc(OCC(F)(F)F)cc1)c1cccc([N+](=O)[O-])c1. The molecule has 0 unspecified atom stereocenters. The Balaban J connectivity index is 1.91. The summed E-state index contributed by atoms with van der Waals surface area (Å²) in [5, 5.41) is 13.3. The standard InChI is InChI=1S/C16H13F3N2O4/c17-16(18,19)10-25-14-6-4-11(5-7-14)9-20-15(22)12-2-1-3-13(8-12)21(23)24/h1-8H,9-10H2,(H,20,22). The molecule has 2 aromatic rings. The summed E-state index contributed by atoms with van der Waals surface area (Å²) < 4.78 is 40.7. The molecule has 0 heterocycles. The average Bonchev–Trinajstić information content (AvgIpc) is 2.58. The molecule has 0 radical (unpaired) electrons. The van der Waals surface area contributed by atoms with Crippen molar-refractivity contribution < 1.29 is 27.6 Å². The monoisotopic (exact) mass is 354 g/mol. The highest BCUT2D eigenvalue weighted by molar-refractivity contribution is 5.94. The van der Waals surface area contributed by atoms with E-state index in [0.717, 1.165) is 6.07 Å². The molecule has 1 N–H and O–H groups in total. The van der Waals surface area contributed by atoms with Crippen LogP contribution in [0.5, 0.6) is 5.75 Å². The first-order valence-electron chi connectivity index (χ1n) is 7.06. The first-order valence-corrected chi connectivity index (χ1v) is 7.06. The number of non-ortho nitro benzene ring substituents is 1. The lowest BCUT2D eigenvalue weighted by Gasteiger charge is -2.10. The molecule has 0 spiro atoms. The van der Waals surface area contributed by atoms with Gasteiger partial charge in [0.05, 0.1) is 4.92 Å². The highest BCUT2D eigenvalue weighted by atomic mass is 19.4. The van der Waals surface area contributed by atoms with Crippen LogP contribution in [0.3, 0.4) is 0 Å². The Kier molecular flexibility index (Phi) is 5.58. The average molecular weight is 354 g/mol. The predicted octanol–water partition coefficient (Wildman–Crippen LogP) is 3.47. The Bertz CT molecular complexity index is 761. The summed E-state index contributed by atoms with van der Waals surface area (Å²) in [5.74, 6) is -0.438. The third kappa shape index (κ3) is 5.79. The van der Waals surface area contributed by atoms with Gasteiger partial charge in [0.2, 0.25) is 0 Å². The number of rotatable bonds is 6. The topological polar surface area (TPSA) is 81.5 Å². The summed E-state index contributed by atoms with van der Waals surface area (Å²) >= 11 is 0. The fourth-order valence-electron chi connectivity index (χ4n) is 1.91. The molecule has 0 aliphatic carbocycles. The van der Waals surface area contributed by atoms with E-state index < -0.39 is 23.6 Å². The van der Waals surface area contributed by atoms with E-state index in [1.807, 2.05) is 0 Å². The molecule has 0 saturated carbocycles. The van der Waals surface area contributed by atoms with Crippen molar-refractivity contribution in [2.45, 2.75) is 12.7 Å². The third-order valence-corrected chi connectivity index (χ3v) is 3.10. The molecule has 1 amide bonds. The van der Waals surface area contributed by atoms with Crippen LogP contribution in [0.1, 0.15) is 15.9 Å². The van der Waals surface area contributed by atoms with Crippen LogP contribution in [0.25, 0.3) is 0 Å². The molecular weight excluding hydrogens is 341 g/mol. The third-order valence-electron chi connectivity index (χ3n) is 3.10. The van der Waals surface area contributed by atoms with Gasteiger partial charge >= 0.3 is 6.18 Å². The van der Waals surface area contributed by atoms with E-state index in [1.54, 1.807) is 0 Å². The van der Waals surface area contributed by atoms with Crippen LogP contribution in [-0.4, -0.2) is 23.6 Å². The van der Waals surface area contributed by atoms with E-state index >= 15 is 0 Å². The van der Waals surface area contributed by atoms with Gasteiger partial charge < -0.3 is 10.1 Å². The van der Waals surface area contributed by atoms with Gasteiger partial charge in [0.1, 0.15) is 5.75 Å². The second-order valence-corrected chi connectivity index (χ2v) is 5.04. The maximum Gasteiger partial charge on any atom is 0.422 e. The van der Waals surface area contributed by atoms with E-state index in [-0.39, 0.29) is 23.5 Å². The van der Waals surface area contributed by atoms with E-state index in [9.17, 15) is 28.1 Å². The van der Waals surface area contributed by atoms with Crippen molar-refractivity contribution >= 4 is 11.6 Å². The Morgan fingerprint density at radius 2 is 1.84 bits per heavy atom. The lowest BCUT2D eigenvalue weighted by molar-refractivity contribution is -0.384. The lowest BCUT2D eigenvalue weighted by Crippen LogP contribution is -2.22. The van der Waals surface area contributed by atoms with Crippen molar-refractivity contribution in [1.29, 1.82) is 0 Å². The molecule has 9 heteroatoms. The van der Waals surface area contributed by atoms with Crippen LogP contribution in [-0.2, 0) is 6.54 Å². The smallest absolute Gasteiger partial charge is 0.422 e. The van der Waals surface area contributed by atoms with Crippen LogP contribution >= 0.6 is 0 Å². The molecule has 0 aromatic heterocycles. The summed E-state index contributed by atoms with van der Waals surface area (Å²) in [6.45, 7) is -1.27. The lowest BCUT2D eigenvalue weighted by atomic mass is 10.1. The van der Waals surface area contributed by atoms with Gasteiger partial charge in [-0.15, -0.1) is 0 Å². The maximum atomic E-state index is 12.1. The number of nitro benzene ring substituents is 1. The van der Waals surface area contributed by atoms with E-state index in [2.05, 4.69) is 10.1 Å². The molecule has 0 atom stereocenters. The van der Waals surface area contributed by atoms with Crippen LogP contribution in [0.15, 0.2) is 48.5 Å². The zero-order valence-electron chi connectivity index (χ0n) is 12.7. The van der Waals surface area contributed by atoms with Gasteiger partial charge in [-0.2, -0.15) is 13.2 Å². The number of carbonyl (C=O) groups is 1. The second-order valence-electron chi connectivity index (χ2n) is 5.04. The van der Waals surface area contributed by atoms with Gasteiger partial charge in [0, 0.05) is 24.2 Å². The quantitative estimate of drug-likeness (QED) is 0.636. The van der Waals surface area contributed by atoms with Gasteiger partial charge in [0.25, 0.3) is 11.6 Å². The van der Waals surface area contributed by atoms with Gasteiger partial charge in [-0.1, -0.05) is 18.2 Å². The number of hydrogen-bond donors (Lipinski definition) is 1. The number of ether oxygens (including phenoxy) is 1. The van der Waals surface area contributed by atoms with E-state index in [4.69, 9.17) is 0 Å². The number of nitrogens with one attached hydrogen (secondary N) is 1. The van der Waals surface area contributed by atoms with Gasteiger partial charge in [-0.05, 0) is 23.8 Å². The predicted molar refractivity (Wildman–Crippen MR) is 82.3 cm³/mol. The zero-order chi connectivity index (χ0) is 18.4. The summed E-state index contributed by atoms with van der Waals surface area (Å²) in [5.41, 5.74) is 0.580. The van der Waals surface area contributed by atoms with Crippen LogP contribution in [0.2, 0.25) is 0 Å². The fourth-order valence-corrected chi connectivity index (χ4v) is 1.91. The highest BCUT2D eigenvalue weighted by Gasteiger charge is 2.28. The Hall–Kier alpha value is -3.10. The molecular formula is C16H13F3N2O4. The largest absolute Gasteiger partial charge is 0.484 e.